The Kier molecular flexibility index (Phi) is 6.52. The van der Waals surface area contributed by atoms with Gasteiger partial charge in [-0.2, -0.15) is 0 Å². The summed E-state index contributed by atoms with van der Waals surface area (Å²) in [6.07, 6.45) is 2.89. The van der Waals surface area contributed by atoms with Crippen LogP contribution in [-0.4, -0.2) is 28.5 Å². The second-order valence-electron chi connectivity index (χ2n) is 8.00. The summed E-state index contributed by atoms with van der Waals surface area (Å²) in [5.41, 5.74) is 3.97. The first kappa shape index (κ1) is 21.3. The van der Waals surface area contributed by atoms with Crippen LogP contribution in [-0.2, 0) is 11.3 Å². The van der Waals surface area contributed by atoms with Gasteiger partial charge in [0.15, 0.2) is 5.82 Å². The third-order valence-corrected chi connectivity index (χ3v) is 6.10. The molecular formula is C25H27ClN4O. The number of hydrogen-bond acceptors (Lipinski definition) is 4. The van der Waals surface area contributed by atoms with Crippen LogP contribution in [0, 0.1) is 13.8 Å². The number of nitrogens with one attached hydrogen (secondary N) is 1. The molecule has 1 aliphatic heterocycles. The fourth-order valence-corrected chi connectivity index (χ4v) is 4.10. The number of hydrogen-bond donors (Lipinski definition) is 1. The number of anilines is 1. The molecule has 3 aromatic rings. The lowest BCUT2D eigenvalue weighted by atomic mass is 10.00. The molecule has 5 nitrogen and oxygen atoms in total. The zero-order valence-electron chi connectivity index (χ0n) is 17.9. The van der Waals surface area contributed by atoms with Crippen molar-refractivity contribution in [2.24, 2.45) is 0 Å². The average Bonchev–Trinajstić information content (AvgIpc) is 2.81. The highest BCUT2D eigenvalue weighted by atomic mass is 35.5. The molecule has 2 heterocycles. The van der Waals surface area contributed by atoms with Crippen molar-refractivity contribution in [1.29, 1.82) is 0 Å². The lowest BCUT2D eigenvalue weighted by molar-refractivity contribution is -0.123. The Bertz CT molecular complexity index is 1050. The van der Waals surface area contributed by atoms with E-state index in [-0.39, 0.29) is 11.9 Å². The highest BCUT2D eigenvalue weighted by Gasteiger charge is 2.31. The summed E-state index contributed by atoms with van der Waals surface area (Å²) in [7, 11) is 0. The van der Waals surface area contributed by atoms with E-state index in [2.05, 4.69) is 10.2 Å². The largest absolute Gasteiger partial charge is 0.350 e. The quantitative estimate of drug-likeness (QED) is 0.607. The van der Waals surface area contributed by atoms with Crippen molar-refractivity contribution in [3.8, 4) is 11.4 Å². The first-order chi connectivity index (χ1) is 15.0. The monoisotopic (exact) mass is 434 g/mol. The van der Waals surface area contributed by atoms with Crippen LogP contribution in [0.3, 0.4) is 0 Å². The molecule has 1 atom stereocenters. The standard InChI is InChI=1S/C25H27ClN4O/c1-17-18(2)28-23(20-8-4-3-5-9-20)29-24(17)30-15-7-6-10-22(30)25(31)27-16-19-11-13-21(26)14-12-19/h3-5,8-9,11-14,22H,6-7,10,15-16H2,1-2H3,(H,27,31). The maximum Gasteiger partial charge on any atom is 0.243 e. The van der Waals surface area contributed by atoms with Crippen LogP contribution in [0.2, 0.25) is 5.02 Å². The molecule has 1 aliphatic rings. The lowest BCUT2D eigenvalue weighted by Gasteiger charge is -2.36. The topological polar surface area (TPSA) is 58.1 Å². The van der Waals surface area contributed by atoms with Gasteiger partial charge >= 0.3 is 0 Å². The van der Waals surface area contributed by atoms with Gasteiger partial charge in [-0.3, -0.25) is 4.79 Å². The van der Waals surface area contributed by atoms with Gasteiger partial charge in [-0.05, 0) is 50.8 Å². The molecule has 1 amide bonds. The molecule has 6 heteroatoms. The van der Waals surface area contributed by atoms with Crippen molar-refractivity contribution in [2.45, 2.75) is 45.7 Å². The Morgan fingerprint density at radius 1 is 1.06 bits per heavy atom. The smallest absolute Gasteiger partial charge is 0.243 e. The van der Waals surface area contributed by atoms with Crippen LogP contribution < -0.4 is 10.2 Å². The minimum absolute atomic E-state index is 0.0339. The second kappa shape index (κ2) is 9.48. The van der Waals surface area contributed by atoms with Gasteiger partial charge in [-0.25, -0.2) is 9.97 Å². The number of nitrogens with zero attached hydrogens (tertiary/aromatic N) is 3. The van der Waals surface area contributed by atoms with E-state index in [1.165, 1.54) is 0 Å². The van der Waals surface area contributed by atoms with E-state index >= 15 is 0 Å². The number of piperidine rings is 1. The maximum atomic E-state index is 13.2. The van der Waals surface area contributed by atoms with E-state index in [0.717, 1.165) is 54.0 Å². The summed E-state index contributed by atoms with van der Waals surface area (Å²) >= 11 is 5.96. The lowest BCUT2D eigenvalue weighted by Crippen LogP contribution is -2.50. The van der Waals surface area contributed by atoms with Crippen molar-refractivity contribution in [3.05, 3.63) is 76.4 Å². The summed E-state index contributed by atoms with van der Waals surface area (Å²) in [5.74, 6) is 1.59. The number of amides is 1. The van der Waals surface area contributed by atoms with Gasteiger partial charge < -0.3 is 10.2 Å². The fraction of sp³-hybridized carbons (Fsp3) is 0.320. The predicted molar refractivity (Wildman–Crippen MR) is 125 cm³/mol. The summed E-state index contributed by atoms with van der Waals surface area (Å²) in [6.45, 7) is 5.34. The molecule has 0 bridgehead atoms. The highest BCUT2D eigenvalue weighted by Crippen LogP contribution is 2.29. The summed E-state index contributed by atoms with van der Waals surface area (Å²) in [5, 5.41) is 3.79. The molecule has 31 heavy (non-hydrogen) atoms. The Morgan fingerprint density at radius 2 is 1.81 bits per heavy atom. The van der Waals surface area contributed by atoms with Crippen LogP contribution in [0.25, 0.3) is 11.4 Å². The maximum absolute atomic E-state index is 13.2. The molecule has 0 saturated carbocycles. The molecule has 1 unspecified atom stereocenters. The summed E-state index contributed by atoms with van der Waals surface area (Å²) in [6, 6.07) is 17.3. The first-order valence-corrected chi connectivity index (χ1v) is 11.1. The van der Waals surface area contributed by atoms with Gasteiger partial charge in [-0.15, -0.1) is 0 Å². The van der Waals surface area contributed by atoms with E-state index in [9.17, 15) is 4.79 Å². The van der Waals surface area contributed by atoms with Gasteiger partial charge in [0.1, 0.15) is 11.9 Å². The molecular weight excluding hydrogens is 408 g/mol. The molecule has 1 fully saturated rings. The Labute approximate surface area is 188 Å². The number of carbonyl (C=O) groups is 1. The van der Waals surface area contributed by atoms with E-state index in [0.29, 0.717) is 17.4 Å². The zero-order valence-corrected chi connectivity index (χ0v) is 18.7. The highest BCUT2D eigenvalue weighted by molar-refractivity contribution is 6.30. The van der Waals surface area contributed by atoms with Crippen LogP contribution in [0.15, 0.2) is 54.6 Å². The van der Waals surface area contributed by atoms with Crippen LogP contribution >= 0.6 is 11.6 Å². The number of carbonyl (C=O) groups excluding carboxylic acids is 1. The van der Waals surface area contributed by atoms with Crippen molar-refractivity contribution < 1.29 is 4.79 Å². The number of benzene rings is 2. The number of rotatable bonds is 5. The molecule has 1 aromatic heterocycles. The first-order valence-electron chi connectivity index (χ1n) is 10.7. The Morgan fingerprint density at radius 3 is 2.55 bits per heavy atom. The normalized spacial score (nSPS) is 16.2. The van der Waals surface area contributed by atoms with Crippen LogP contribution in [0.4, 0.5) is 5.82 Å². The molecule has 160 valence electrons. The SMILES string of the molecule is Cc1nc(-c2ccccc2)nc(N2CCCCC2C(=O)NCc2ccc(Cl)cc2)c1C. The second-order valence-corrected chi connectivity index (χ2v) is 8.43. The van der Waals surface area contributed by atoms with Gasteiger partial charge in [0.25, 0.3) is 0 Å². The number of halogens is 1. The summed E-state index contributed by atoms with van der Waals surface area (Å²) in [4.78, 5) is 24.9. The Hall–Kier alpha value is -2.92. The molecule has 1 N–H and O–H groups in total. The Balaban J connectivity index is 1.58. The van der Waals surface area contributed by atoms with Crippen molar-refractivity contribution in [2.75, 3.05) is 11.4 Å². The third-order valence-electron chi connectivity index (χ3n) is 5.85. The minimum Gasteiger partial charge on any atom is -0.350 e. The molecule has 0 radical (unpaired) electrons. The zero-order chi connectivity index (χ0) is 21.8. The van der Waals surface area contributed by atoms with E-state index in [1.54, 1.807) is 0 Å². The van der Waals surface area contributed by atoms with Crippen molar-refractivity contribution in [1.82, 2.24) is 15.3 Å². The summed E-state index contributed by atoms with van der Waals surface area (Å²) < 4.78 is 0. The van der Waals surface area contributed by atoms with E-state index in [4.69, 9.17) is 21.6 Å². The van der Waals surface area contributed by atoms with Gasteiger partial charge in [-0.1, -0.05) is 54.1 Å². The van der Waals surface area contributed by atoms with Crippen LogP contribution in [0.5, 0.6) is 0 Å². The molecule has 1 saturated heterocycles. The number of aryl methyl sites for hydroxylation is 1. The molecule has 0 aliphatic carbocycles. The predicted octanol–water partition coefficient (Wildman–Crippen LogP) is 5.09. The van der Waals surface area contributed by atoms with Crippen molar-refractivity contribution in [3.63, 3.8) is 0 Å². The molecule has 0 spiro atoms. The fourth-order valence-electron chi connectivity index (χ4n) is 3.98. The van der Waals surface area contributed by atoms with Crippen molar-refractivity contribution >= 4 is 23.3 Å². The minimum atomic E-state index is -0.238. The van der Waals surface area contributed by atoms with Gasteiger partial charge in [0, 0.05) is 34.9 Å². The van der Waals surface area contributed by atoms with Gasteiger partial charge in [0.2, 0.25) is 5.91 Å². The van der Waals surface area contributed by atoms with E-state index in [1.807, 2.05) is 68.4 Å². The van der Waals surface area contributed by atoms with Gasteiger partial charge in [0.05, 0.1) is 0 Å². The average molecular weight is 435 g/mol. The molecule has 2 aromatic carbocycles. The van der Waals surface area contributed by atoms with Crippen LogP contribution in [0.1, 0.15) is 36.1 Å². The number of aromatic nitrogens is 2. The third kappa shape index (κ3) is 4.88. The molecule has 4 rings (SSSR count). The van der Waals surface area contributed by atoms with E-state index < -0.39 is 0 Å².